The van der Waals surface area contributed by atoms with Crippen LogP contribution in [-0.2, 0) is 0 Å². The van der Waals surface area contributed by atoms with Crippen molar-refractivity contribution in [3.63, 3.8) is 0 Å². The van der Waals surface area contributed by atoms with Gasteiger partial charge in [0, 0.05) is 10.5 Å². The Morgan fingerprint density at radius 2 is 1.95 bits per heavy atom. The van der Waals surface area contributed by atoms with Crippen LogP contribution in [0.1, 0.15) is 18.5 Å². The molecule has 5 heteroatoms. The second kappa shape index (κ2) is 6.12. The van der Waals surface area contributed by atoms with Crippen molar-refractivity contribution in [2.24, 2.45) is 0 Å². The topological polar surface area (TPSA) is 12.0 Å². The SMILES string of the molecule is CC(Nc1cccc(Cl)c1Cl)c1ccc(F)cc1Br. The molecule has 2 aromatic rings. The molecule has 19 heavy (non-hydrogen) atoms. The fourth-order valence-corrected chi connectivity index (χ4v) is 2.83. The van der Waals surface area contributed by atoms with Gasteiger partial charge in [-0.2, -0.15) is 0 Å². The number of nitrogens with one attached hydrogen (secondary N) is 1. The first-order valence-electron chi connectivity index (χ1n) is 5.64. The van der Waals surface area contributed by atoms with Crippen molar-refractivity contribution < 1.29 is 4.39 Å². The third kappa shape index (κ3) is 3.41. The predicted octanol–water partition coefficient (Wildman–Crippen LogP) is 6.07. The van der Waals surface area contributed by atoms with Crippen LogP contribution >= 0.6 is 39.1 Å². The van der Waals surface area contributed by atoms with Gasteiger partial charge in [0.2, 0.25) is 0 Å². The highest BCUT2D eigenvalue weighted by Gasteiger charge is 2.12. The van der Waals surface area contributed by atoms with E-state index in [1.165, 1.54) is 12.1 Å². The number of hydrogen-bond acceptors (Lipinski definition) is 1. The molecule has 1 nitrogen and oxygen atoms in total. The van der Waals surface area contributed by atoms with Crippen molar-refractivity contribution in [1.82, 2.24) is 0 Å². The third-order valence-electron chi connectivity index (χ3n) is 2.75. The zero-order valence-electron chi connectivity index (χ0n) is 10.1. The average molecular weight is 363 g/mol. The second-order valence-electron chi connectivity index (χ2n) is 4.13. The van der Waals surface area contributed by atoms with Crippen molar-refractivity contribution in [3.05, 3.63) is 62.3 Å². The van der Waals surface area contributed by atoms with Crippen LogP contribution in [0.25, 0.3) is 0 Å². The fourth-order valence-electron chi connectivity index (χ4n) is 1.78. The van der Waals surface area contributed by atoms with E-state index in [2.05, 4.69) is 21.2 Å². The molecule has 0 saturated heterocycles. The van der Waals surface area contributed by atoms with Gasteiger partial charge in [0.05, 0.1) is 15.7 Å². The van der Waals surface area contributed by atoms with Gasteiger partial charge < -0.3 is 5.32 Å². The van der Waals surface area contributed by atoms with E-state index < -0.39 is 0 Å². The maximum absolute atomic E-state index is 13.1. The van der Waals surface area contributed by atoms with Crippen LogP contribution in [0.4, 0.5) is 10.1 Å². The van der Waals surface area contributed by atoms with E-state index in [1.54, 1.807) is 12.1 Å². The maximum atomic E-state index is 13.1. The molecular weight excluding hydrogens is 352 g/mol. The highest BCUT2D eigenvalue weighted by Crippen LogP contribution is 2.33. The van der Waals surface area contributed by atoms with Crippen molar-refractivity contribution in [2.75, 3.05) is 5.32 Å². The summed E-state index contributed by atoms with van der Waals surface area (Å²) in [5, 5.41) is 4.24. The van der Waals surface area contributed by atoms with Crippen LogP contribution in [0.5, 0.6) is 0 Å². The summed E-state index contributed by atoms with van der Waals surface area (Å²) in [5.41, 5.74) is 1.69. The molecule has 0 heterocycles. The lowest BCUT2D eigenvalue weighted by Gasteiger charge is -2.18. The Kier molecular flexibility index (Phi) is 4.71. The summed E-state index contributed by atoms with van der Waals surface area (Å²) in [4.78, 5) is 0. The van der Waals surface area contributed by atoms with Crippen molar-refractivity contribution >= 4 is 44.8 Å². The number of benzene rings is 2. The quantitative estimate of drug-likeness (QED) is 0.698. The first-order valence-corrected chi connectivity index (χ1v) is 7.19. The van der Waals surface area contributed by atoms with Gasteiger partial charge >= 0.3 is 0 Å². The molecule has 0 aromatic heterocycles. The van der Waals surface area contributed by atoms with Gasteiger partial charge in [-0.25, -0.2) is 4.39 Å². The lowest BCUT2D eigenvalue weighted by Crippen LogP contribution is -2.08. The fraction of sp³-hybridized carbons (Fsp3) is 0.143. The Morgan fingerprint density at radius 1 is 1.21 bits per heavy atom. The zero-order valence-corrected chi connectivity index (χ0v) is 13.2. The van der Waals surface area contributed by atoms with Crippen molar-refractivity contribution in [3.8, 4) is 0 Å². The smallest absolute Gasteiger partial charge is 0.124 e. The van der Waals surface area contributed by atoms with Gasteiger partial charge in [0.25, 0.3) is 0 Å². The molecule has 100 valence electrons. The first-order chi connectivity index (χ1) is 8.99. The standard InChI is InChI=1S/C14H11BrCl2FN/c1-8(10-6-5-9(18)7-11(10)15)19-13-4-2-3-12(16)14(13)17/h2-8,19H,1H3. The Hall–Kier alpha value is -0.770. The molecule has 0 radical (unpaired) electrons. The van der Waals surface area contributed by atoms with Gasteiger partial charge in [-0.3, -0.25) is 0 Å². The Labute approximate surface area is 129 Å². The van der Waals surface area contributed by atoms with Crippen LogP contribution in [0.15, 0.2) is 40.9 Å². The summed E-state index contributed by atoms with van der Waals surface area (Å²) in [7, 11) is 0. The number of hydrogen-bond donors (Lipinski definition) is 1. The Balaban J connectivity index is 2.25. The molecule has 0 aliphatic carbocycles. The van der Waals surface area contributed by atoms with Crippen LogP contribution < -0.4 is 5.32 Å². The van der Waals surface area contributed by atoms with E-state index in [0.717, 1.165) is 11.3 Å². The van der Waals surface area contributed by atoms with Crippen LogP contribution in [-0.4, -0.2) is 0 Å². The highest BCUT2D eigenvalue weighted by molar-refractivity contribution is 9.10. The van der Waals surface area contributed by atoms with Gasteiger partial charge in [-0.15, -0.1) is 0 Å². The average Bonchev–Trinajstić information content (AvgIpc) is 2.34. The minimum Gasteiger partial charge on any atom is -0.377 e. The van der Waals surface area contributed by atoms with E-state index in [4.69, 9.17) is 23.2 Å². The molecule has 0 spiro atoms. The molecule has 0 bridgehead atoms. The lowest BCUT2D eigenvalue weighted by molar-refractivity contribution is 0.625. The van der Waals surface area contributed by atoms with E-state index in [0.29, 0.717) is 14.5 Å². The summed E-state index contributed by atoms with van der Waals surface area (Å²) in [6, 6.07) is 9.96. The third-order valence-corrected chi connectivity index (χ3v) is 4.26. The summed E-state index contributed by atoms with van der Waals surface area (Å²) < 4.78 is 13.8. The van der Waals surface area contributed by atoms with Gasteiger partial charge in [0.1, 0.15) is 5.82 Å². The number of anilines is 1. The van der Waals surface area contributed by atoms with Gasteiger partial charge in [-0.05, 0) is 36.8 Å². The molecule has 1 N–H and O–H groups in total. The molecule has 0 fully saturated rings. The molecule has 0 aliphatic rings. The molecule has 1 atom stereocenters. The minimum atomic E-state index is -0.274. The van der Waals surface area contributed by atoms with Crippen molar-refractivity contribution in [2.45, 2.75) is 13.0 Å². The minimum absolute atomic E-state index is 0.0362. The van der Waals surface area contributed by atoms with E-state index in [1.807, 2.05) is 19.1 Å². The molecule has 1 unspecified atom stereocenters. The molecular formula is C14H11BrCl2FN. The van der Waals surface area contributed by atoms with E-state index >= 15 is 0 Å². The Bertz CT molecular complexity index is 604. The second-order valence-corrected chi connectivity index (χ2v) is 5.77. The first kappa shape index (κ1) is 14.6. The molecule has 0 amide bonds. The highest BCUT2D eigenvalue weighted by atomic mass is 79.9. The van der Waals surface area contributed by atoms with Crippen LogP contribution in [0.2, 0.25) is 10.0 Å². The number of rotatable bonds is 3. The normalized spacial score (nSPS) is 12.3. The molecule has 2 aromatic carbocycles. The zero-order chi connectivity index (χ0) is 14.0. The van der Waals surface area contributed by atoms with E-state index in [9.17, 15) is 4.39 Å². The lowest BCUT2D eigenvalue weighted by atomic mass is 10.1. The maximum Gasteiger partial charge on any atom is 0.124 e. The van der Waals surface area contributed by atoms with Gasteiger partial charge in [0.15, 0.2) is 0 Å². The molecule has 0 aliphatic heterocycles. The summed E-state index contributed by atoms with van der Waals surface area (Å²) in [6.07, 6.45) is 0. The summed E-state index contributed by atoms with van der Waals surface area (Å²) >= 11 is 15.4. The Morgan fingerprint density at radius 3 is 2.63 bits per heavy atom. The summed E-state index contributed by atoms with van der Waals surface area (Å²) in [6.45, 7) is 1.97. The van der Waals surface area contributed by atoms with Crippen molar-refractivity contribution in [1.29, 1.82) is 0 Å². The largest absolute Gasteiger partial charge is 0.377 e. The monoisotopic (exact) mass is 361 g/mol. The predicted molar refractivity (Wildman–Crippen MR) is 82.6 cm³/mol. The number of halogens is 4. The summed E-state index contributed by atoms with van der Waals surface area (Å²) in [5.74, 6) is -0.274. The van der Waals surface area contributed by atoms with Crippen LogP contribution in [0.3, 0.4) is 0 Å². The van der Waals surface area contributed by atoms with E-state index in [-0.39, 0.29) is 11.9 Å². The van der Waals surface area contributed by atoms with Gasteiger partial charge in [-0.1, -0.05) is 51.3 Å². The van der Waals surface area contributed by atoms with Crippen LogP contribution in [0, 0.1) is 5.82 Å². The molecule has 2 rings (SSSR count). The molecule has 0 saturated carbocycles.